The molecule has 150 valence electrons. The van der Waals surface area contributed by atoms with Crippen LogP contribution in [0.1, 0.15) is 64.6 Å². The summed E-state index contributed by atoms with van der Waals surface area (Å²) in [5.74, 6) is 6.38. The third-order valence-electron chi connectivity index (χ3n) is 3.91. The van der Waals surface area contributed by atoms with Gasteiger partial charge in [0.1, 0.15) is 5.82 Å². The Kier molecular flexibility index (Phi) is 11.5. The fourth-order valence-corrected chi connectivity index (χ4v) is 2.41. The third-order valence-corrected chi connectivity index (χ3v) is 3.91. The predicted octanol–water partition coefficient (Wildman–Crippen LogP) is 0.877. The largest absolute Gasteiger partial charge is 0.469 e. The third kappa shape index (κ3) is 9.09. The minimum Gasteiger partial charge on any atom is -0.469 e. The van der Waals surface area contributed by atoms with Crippen molar-refractivity contribution in [2.24, 2.45) is 28.3 Å². The van der Waals surface area contributed by atoms with Gasteiger partial charge in [-0.1, -0.05) is 33.6 Å². The number of aryl methyl sites for hydroxylation is 1. The second-order valence-electron chi connectivity index (χ2n) is 6.22. The lowest BCUT2D eigenvalue weighted by Gasteiger charge is -2.17. The Morgan fingerprint density at radius 1 is 1.46 bits per heavy atom. The average molecular weight is 371 g/mol. The second-order valence-corrected chi connectivity index (χ2v) is 6.22. The number of nitrogen functional groups attached to an aromatic ring is 1. The highest BCUT2D eigenvalue weighted by Crippen LogP contribution is 2.24. The minimum atomic E-state index is -0.0926. The van der Waals surface area contributed by atoms with Crippen LogP contribution in [0, 0.1) is 5.92 Å². The van der Waals surface area contributed by atoms with Gasteiger partial charge < -0.3 is 27.8 Å². The normalized spacial score (nSPS) is 15.9. The predicted molar refractivity (Wildman–Crippen MR) is 103 cm³/mol. The first-order valence-electron chi connectivity index (χ1n) is 8.83. The van der Waals surface area contributed by atoms with Gasteiger partial charge in [0.25, 0.3) is 0 Å². The number of guanidine groups is 1. The number of rotatable bonds is 4. The number of methoxy groups -OCH3 is 1. The standard InChI is InChI=1S/C8H16O2.C7H12N4.CH6N4/c1-4-5-6-7(2)8(9)10-3;1-5-3-2-4-11-6(5)9-7(8)10-11;2-1(3)5-4/h7H,4-6H2,1-3H3;5H,2-4H2,1H3,(H2,8,10);4H2,(H4,2,3,5). The van der Waals surface area contributed by atoms with E-state index in [0.29, 0.717) is 11.9 Å². The number of anilines is 1. The van der Waals surface area contributed by atoms with Crippen LogP contribution >= 0.6 is 0 Å². The van der Waals surface area contributed by atoms with E-state index >= 15 is 0 Å². The molecule has 0 radical (unpaired) electrons. The highest BCUT2D eigenvalue weighted by molar-refractivity contribution is 5.75. The zero-order valence-corrected chi connectivity index (χ0v) is 16.3. The van der Waals surface area contributed by atoms with E-state index in [1.54, 1.807) is 0 Å². The molecule has 0 aromatic carbocycles. The maximum atomic E-state index is 10.8. The topological polar surface area (TPSA) is 173 Å². The number of nitrogens with two attached hydrogens (primary N) is 4. The van der Waals surface area contributed by atoms with Crippen molar-refractivity contribution < 1.29 is 9.53 Å². The fraction of sp³-hybridized carbons (Fsp3) is 0.750. The molecule has 1 aromatic heterocycles. The van der Waals surface area contributed by atoms with E-state index in [-0.39, 0.29) is 17.8 Å². The molecular weight excluding hydrogens is 336 g/mol. The average Bonchev–Trinajstić information content (AvgIpc) is 3.01. The van der Waals surface area contributed by atoms with Gasteiger partial charge in [0.2, 0.25) is 11.9 Å². The lowest BCUT2D eigenvalue weighted by molar-refractivity contribution is -0.145. The van der Waals surface area contributed by atoms with Crippen LogP contribution < -0.4 is 23.0 Å². The summed E-state index contributed by atoms with van der Waals surface area (Å²) in [6.45, 7) is 7.16. The highest BCUT2D eigenvalue weighted by atomic mass is 16.5. The molecule has 1 aromatic rings. The van der Waals surface area contributed by atoms with Crippen LogP contribution in [0.3, 0.4) is 0 Å². The zero-order chi connectivity index (χ0) is 20.1. The van der Waals surface area contributed by atoms with Crippen molar-refractivity contribution in [1.29, 1.82) is 0 Å². The summed E-state index contributed by atoms with van der Waals surface area (Å²) in [5, 5.41) is 6.95. The molecule has 8 N–H and O–H groups in total. The number of aromatic nitrogens is 3. The van der Waals surface area contributed by atoms with E-state index in [0.717, 1.165) is 31.6 Å². The van der Waals surface area contributed by atoms with Crippen molar-refractivity contribution in [3.8, 4) is 0 Å². The smallest absolute Gasteiger partial charge is 0.308 e. The Morgan fingerprint density at radius 2 is 2.08 bits per heavy atom. The van der Waals surface area contributed by atoms with Gasteiger partial charge in [-0.2, -0.15) is 4.98 Å². The highest BCUT2D eigenvalue weighted by Gasteiger charge is 2.19. The number of hydrazone groups is 1. The lowest BCUT2D eigenvalue weighted by atomic mass is 10.0. The second kappa shape index (κ2) is 12.8. The van der Waals surface area contributed by atoms with Crippen molar-refractivity contribution in [3.63, 3.8) is 0 Å². The molecule has 0 bridgehead atoms. The molecule has 2 rings (SSSR count). The van der Waals surface area contributed by atoms with E-state index in [2.05, 4.69) is 39.6 Å². The summed E-state index contributed by atoms with van der Waals surface area (Å²) in [6.07, 6.45) is 5.59. The molecule has 26 heavy (non-hydrogen) atoms. The number of carbonyl (C=O) groups excluding carboxylic acids is 1. The Bertz CT molecular complexity index is 554. The zero-order valence-electron chi connectivity index (χ0n) is 16.3. The Morgan fingerprint density at radius 3 is 2.54 bits per heavy atom. The van der Waals surface area contributed by atoms with Crippen molar-refractivity contribution in [3.05, 3.63) is 5.82 Å². The molecular formula is C16H34N8O2. The van der Waals surface area contributed by atoms with Gasteiger partial charge in [-0.3, -0.25) is 4.79 Å². The van der Waals surface area contributed by atoms with Crippen LogP contribution in [0.25, 0.3) is 0 Å². The quantitative estimate of drug-likeness (QED) is 0.198. The van der Waals surface area contributed by atoms with Crippen LogP contribution in [0.5, 0.6) is 0 Å². The Balaban J connectivity index is 0.000000388. The molecule has 1 aliphatic heterocycles. The van der Waals surface area contributed by atoms with E-state index in [9.17, 15) is 4.79 Å². The molecule has 1 aliphatic rings. The van der Waals surface area contributed by atoms with Gasteiger partial charge in [0.15, 0.2) is 0 Å². The molecule has 0 fully saturated rings. The molecule has 10 heteroatoms. The molecule has 0 saturated heterocycles. The van der Waals surface area contributed by atoms with Crippen molar-refractivity contribution in [2.45, 2.75) is 65.3 Å². The summed E-state index contributed by atoms with van der Waals surface area (Å²) in [4.78, 5) is 15.0. The van der Waals surface area contributed by atoms with Gasteiger partial charge >= 0.3 is 5.97 Å². The number of carbonyl (C=O) groups is 1. The molecule has 0 spiro atoms. The summed E-state index contributed by atoms with van der Waals surface area (Å²) in [6, 6.07) is 0. The summed E-state index contributed by atoms with van der Waals surface area (Å²) >= 11 is 0. The van der Waals surface area contributed by atoms with E-state index in [1.165, 1.54) is 20.0 Å². The lowest BCUT2D eigenvalue weighted by Crippen LogP contribution is -2.23. The monoisotopic (exact) mass is 370 g/mol. The van der Waals surface area contributed by atoms with E-state index in [4.69, 9.17) is 17.2 Å². The molecule has 0 aliphatic carbocycles. The Hall–Kier alpha value is -2.52. The number of hydrogen-bond donors (Lipinski definition) is 4. The number of nitrogens with zero attached hydrogens (tertiary/aromatic N) is 4. The minimum absolute atomic E-state index is 0.0740. The summed E-state index contributed by atoms with van der Waals surface area (Å²) in [5.41, 5.74) is 14.9. The summed E-state index contributed by atoms with van der Waals surface area (Å²) in [7, 11) is 1.44. The van der Waals surface area contributed by atoms with Gasteiger partial charge in [0, 0.05) is 12.5 Å². The number of fused-ring (bicyclic) bond motifs is 1. The molecule has 2 heterocycles. The molecule has 10 nitrogen and oxygen atoms in total. The van der Waals surface area contributed by atoms with Crippen LogP contribution in [0.2, 0.25) is 0 Å². The maximum absolute atomic E-state index is 10.8. The molecule has 0 saturated carbocycles. The first kappa shape index (κ1) is 23.5. The number of hydrogen-bond acceptors (Lipinski definition) is 7. The van der Waals surface area contributed by atoms with Gasteiger partial charge in [0.05, 0.1) is 13.0 Å². The van der Waals surface area contributed by atoms with Crippen molar-refractivity contribution in [2.75, 3.05) is 12.8 Å². The van der Waals surface area contributed by atoms with Crippen molar-refractivity contribution in [1.82, 2.24) is 14.8 Å². The van der Waals surface area contributed by atoms with Gasteiger partial charge in [-0.15, -0.1) is 10.2 Å². The first-order chi connectivity index (χ1) is 12.3. The van der Waals surface area contributed by atoms with Crippen LogP contribution in [0.4, 0.5) is 5.95 Å². The van der Waals surface area contributed by atoms with Crippen LogP contribution in [-0.4, -0.2) is 33.8 Å². The van der Waals surface area contributed by atoms with E-state index < -0.39 is 0 Å². The van der Waals surface area contributed by atoms with Crippen LogP contribution in [-0.2, 0) is 16.1 Å². The van der Waals surface area contributed by atoms with Crippen molar-refractivity contribution >= 4 is 17.9 Å². The number of unbranched alkanes of at least 4 members (excludes halogenated alkanes) is 1. The molecule has 0 amide bonds. The number of ether oxygens (including phenoxy) is 1. The molecule has 2 atom stereocenters. The van der Waals surface area contributed by atoms with E-state index in [1.807, 2.05) is 11.6 Å². The number of esters is 1. The Labute approximate surface area is 155 Å². The first-order valence-corrected chi connectivity index (χ1v) is 8.83. The van der Waals surface area contributed by atoms with Gasteiger partial charge in [-0.25, -0.2) is 4.68 Å². The summed E-state index contributed by atoms with van der Waals surface area (Å²) < 4.78 is 6.49. The fourth-order valence-electron chi connectivity index (χ4n) is 2.41. The van der Waals surface area contributed by atoms with Crippen LogP contribution in [0.15, 0.2) is 5.10 Å². The van der Waals surface area contributed by atoms with Gasteiger partial charge in [-0.05, 0) is 19.3 Å². The maximum Gasteiger partial charge on any atom is 0.308 e. The SMILES string of the molecule is CC1CCCn2nc(N)nc21.CCCCC(C)C(=O)OC.NN=C(N)N. The molecule has 2 unspecified atom stereocenters.